The fourth-order valence-electron chi connectivity index (χ4n) is 2.05. The molecule has 1 saturated heterocycles. The highest BCUT2D eigenvalue weighted by molar-refractivity contribution is 5.52. The highest BCUT2D eigenvalue weighted by Gasteiger charge is 2.57. The number of halogens is 3. The lowest BCUT2D eigenvalue weighted by molar-refractivity contribution is -0.252. The number of alkyl halides is 3. The molecule has 18 heavy (non-hydrogen) atoms. The first-order valence-electron chi connectivity index (χ1n) is 5.76. The molecule has 1 aromatic rings. The monoisotopic (exact) mass is 260 g/mol. The molecule has 1 aliphatic heterocycles. The van der Waals surface area contributed by atoms with Gasteiger partial charge in [0.2, 0.25) is 5.60 Å². The smallest absolute Gasteiger partial charge is 0.429 e. The summed E-state index contributed by atoms with van der Waals surface area (Å²) >= 11 is 0. The van der Waals surface area contributed by atoms with Crippen molar-refractivity contribution in [1.29, 1.82) is 0 Å². The summed E-state index contributed by atoms with van der Waals surface area (Å²) in [5, 5.41) is 2.74. The van der Waals surface area contributed by atoms with Gasteiger partial charge in [-0.3, -0.25) is 0 Å². The predicted octanol–water partition coefficient (Wildman–Crippen LogP) is 2.33. The van der Waals surface area contributed by atoms with Gasteiger partial charge < -0.3 is 15.8 Å². The second kappa shape index (κ2) is 4.68. The quantitative estimate of drug-likeness (QED) is 0.802. The van der Waals surface area contributed by atoms with Crippen LogP contribution in [0, 0.1) is 0 Å². The normalized spacial score (nSPS) is 24.8. The van der Waals surface area contributed by atoms with Crippen LogP contribution in [0.3, 0.4) is 0 Å². The number of benzene rings is 1. The first kappa shape index (κ1) is 13.0. The molecule has 0 saturated carbocycles. The number of hydrogen-bond acceptors (Lipinski definition) is 3. The summed E-state index contributed by atoms with van der Waals surface area (Å²) in [6, 6.07) is 6.24. The van der Waals surface area contributed by atoms with E-state index >= 15 is 0 Å². The third kappa shape index (κ3) is 2.38. The number of hydrogen-bond donors (Lipinski definition) is 2. The summed E-state index contributed by atoms with van der Waals surface area (Å²) < 4.78 is 44.8. The number of nitrogen functional groups attached to an aromatic ring is 1. The van der Waals surface area contributed by atoms with Crippen LogP contribution in [0.1, 0.15) is 12.8 Å². The fraction of sp³-hybridized carbons (Fsp3) is 0.500. The number of para-hydroxylation sites is 2. The van der Waals surface area contributed by atoms with E-state index in [1.165, 1.54) is 12.1 Å². The Balaban J connectivity index is 2.29. The van der Waals surface area contributed by atoms with Crippen LogP contribution in [0.15, 0.2) is 24.3 Å². The molecule has 2 rings (SSSR count). The average Bonchev–Trinajstić information content (AvgIpc) is 2.32. The Morgan fingerprint density at radius 3 is 2.56 bits per heavy atom. The lowest BCUT2D eigenvalue weighted by atomic mass is 9.93. The van der Waals surface area contributed by atoms with Gasteiger partial charge in [0, 0.05) is 6.54 Å². The van der Waals surface area contributed by atoms with E-state index in [0.29, 0.717) is 13.0 Å². The third-order valence-electron chi connectivity index (χ3n) is 3.09. The topological polar surface area (TPSA) is 47.3 Å². The van der Waals surface area contributed by atoms with E-state index in [1.54, 1.807) is 12.1 Å². The van der Waals surface area contributed by atoms with Crippen LogP contribution < -0.4 is 15.8 Å². The number of rotatable bonds is 2. The molecule has 100 valence electrons. The minimum Gasteiger partial charge on any atom is -0.474 e. The van der Waals surface area contributed by atoms with Crippen LogP contribution in [0.2, 0.25) is 0 Å². The molecular weight excluding hydrogens is 245 g/mol. The molecular formula is C12H15F3N2O. The van der Waals surface area contributed by atoms with E-state index in [-0.39, 0.29) is 24.4 Å². The Morgan fingerprint density at radius 2 is 2.00 bits per heavy atom. The maximum atomic E-state index is 13.2. The molecule has 0 bridgehead atoms. The molecule has 1 aliphatic rings. The van der Waals surface area contributed by atoms with Crippen LogP contribution in [0.25, 0.3) is 0 Å². The molecule has 0 radical (unpaired) electrons. The summed E-state index contributed by atoms with van der Waals surface area (Å²) in [5.74, 6) is 0.0820. The largest absolute Gasteiger partial charge is 0.474 e. The molecule has 0 spiro atoms. The molecule has 1 aromatic carbocycles. The lowest BCUT2D eigenvalue weighted by Crippen LogP contribution is -2.59. The van der Waals surface area contributed by atoms with Crippen molar-refractivity contribution in [1.82, 2.24) is 5.32 Å². The molecule has 3 N–H and O–H groups in total. The summed E-state index contributed by atoms with van der Waals surface area (Å²) in [7, 11) is 0. The van der Waals surface area contributed by atoms with Gasteiger partial charge in [-0.2, -0.15) is 13.2 Å². The maximum Gasteiger partial charge on any atom is 0.429 e. The highest BCUT2D eigenvalue weighted by Crippen LogP contribution is 2.40. The Morgan fingerprint density at radius 1 is 1.28 bits per heavy atom. The zero-order valence-corrected chi connectivity index (χ0v) is 9.76. The molecule has 1 fully saturated rings. The molecule has 6 heteroatoms. The second-order valence-electron chi connectivity index (χ2n) is 4.41. The minimum absolute atomic E-state index is 0.0577. The molecule has 0 aromatic heterocycles. The second-order valence-corrected chi connectivity index (χ2v) is 4.41. The van der Waals surface area contributed by atoms with E-state index in [0.717, 1.165) is 0 Å². The molecule has 1 heterocycles. The maximum absolute atomic E-state index is 13.2. The van der Waals surface area contributed by atoms with Crippen molar-refractivity contribution in [3.63, 3.8) is 0 Å². The van der Waals surface area contributed by atoms with Crippen molar-refractivity contribution >= 4 is 5.69 Å². The van der Waals surface area contributed by atoms with E-state index in [1.807, 2.05) is 0 Å². The summed E-state index contributed by atoms with van der Waals surface area (Å²) in [6.07, 6.45) is -4.06. The SMILES string of the molecule is Nc1ccccc1OC1(C(F)(F)F)CCCNC1. The predicted molar refractivity (Wildman–Crippen MR) is 62.4 cm³/mol. The Hall–Kier alpha value is -1.43. The number of anilines is 1. The number of ether oxygens (including phenoxy) is 1. The molecule has 1 unspecified atom stereocenters. The van der Waals surface area contributed by atoms with Gasteiger partial charge in [0.25, 0.3) is 0 Å². The van der Waals surface area contributed by atoms with Gasteiger partial charge >= 0.3 is 6.18 Å². The van der Waals surface area contributed by atoms with Crippen LogP contribution in [0.4, 0.5) is 18.9 Å². The minimum atomic E-state index is -4.43. The lowest BCUT2D eigenvalue weighted by Gasteiger charge is -2.39. The zero-order valence-electron chi connectivity index (χ0n) is 9.76. The van der Waals surface area contributed by atoms with Gasteiger partial charge in [-0.25, -0.2) is 0 Å². The molecule has 0 amide bonds. The van der Waals surface area contributed by atoms with Gasteiger partial charge in [0.05, 0.1) is 5.69 Å². The van der Waals surface area contributed by atoms with Crippen molar-refractivity contribution in [2.75, 3.05) is 18.8 Å². The third-order valence-corrected chi connectivity index (χ3v) is 3.09. The van der Waals surface area contributed by atoms with E-state index in [9.17, 15) is 13.2 Å². The van der Waals surface area contributed by atoms with Crippen LogP contribution in [-0.2, 0) is 0 Å². The number of nitrogens with two attached hydrogens (primary N) is 1. The van der Waals surface area contributed by atoms with Crippen molar-refractivity contribution in [2.24, 2.45) is 0 Å². The Labute approximate surface area is 103 Å². The fourth-order valence-corrected chi connectivity index (χ4v) is 2.05. The van der Waals surface area contributed by atoms with E-state index < -0.39 is 11.8 Å². The summed E-state index contributed by atoms with van der Waals surface area (Å²) in [6.45, 7) is 0.330. The molecule has 1 atom stereocenters. The first-order valence-corrected chi connectivity index (χ1v) is 5.76. The number of nitrogens with one attached hydrogen (secondary N) is 1. The average molecular weight is 260 g/mol. The van der Waals surface area contributed by atoms with E-state index in [4.69, 9.17) is 10.5 Å². The van der Waals surface area contributed by atoms with Gasteiger partial charge in [0.15, 0.2) is 0 Å². The van der Waals surface area contributed by atoms with Gasteiger partial charge in [-0.1, -0.05) is 12.1 Å². The Bertz CT molecular complexity index is 414. The van der Waals surface area contributed by atoms with Crippen molar-refractivity contribution in [3.8, 4) is 5.75 Å². The Kier molecular flexibility index (Phi) is 3.38. The van der Waals surface area contributed by atoms with Crippen molar-refractivity contribution < 1.29 is 17.9 Å². The van der Waals surface area contributed by atoms with Gasteiger partial charge in [-0.05, 0) is 31.5 Å². The van der Waals surface area contributed by atoms with Crippen LogP contribution in [-0.4, -0.2) is 24.9 Å². The summed E-state index contributed by atoms with van der Waals surface area (Å²) in [5.41, 5.74) is 3.66. The number of piperidine rings is 1. The van der Waals surface area contributed by atoms with Gasteiger partial charge in [-0.15, -0.1) is 0 Å². The van der Waals surface area contributed by atoms with Crippen LogP contribution >= 0.6 is 0 Å². The van der Waals surface area contributed by atoms with Gasteiger partial charge in [0.1, 0.15) is 5.75 Å². The standard InChI is InChI=1S/C12H15F3N2O/c13-12(14,15)11(6-3-7-17-8-11)18-10-5-2-1-4-9(10)16/h1-2,4-5,17H,3,6-8,16H2. The van der Waals surface area contributed by atoms with E-state index in [2.05, 4.69) is 5.32 Å². The van der Waals surface area contributed by atoms with Crippen molar-refractivity contribution in [2.45, 2.75) is 24.6 Å². The molecule has 0 aliphatic carbocycles. The highest BCUT2D eigenvalue weighted by atomic mass is 19.4. The van der Waals surface area contributed by atoms with Crippen molar-refractivity contribution in [3.05, 3.63) is 24.3 Å². The first-order chi connectivity index (χ1) is 8.45. The van der Waals surface area contributed by atoms with Crippen LogP contribution in [0.5, 0.6) is 5.75 Å². The molecule has 3 nitrogen and oxygen atoms in total. The summed E-state index contributed by atoms with van der Waals surface area (Å²) in [4.78, 5) is 0. The zero-order chi connectivity index (χ0) is 13.2.